The average Bonchev–Trinajstić information content (AvgIpc) is 3.71. The highest BCUT2D eigenvalue weighted by Crippen LogP contribution is 2.43. The second kappa shape index (κ2) is 11.4. The Labute approximate surface area is 289 Å². The number of fused-ring (bicyclic) bond motifs is 7. The second-order valence-corrected chi connectivity index (χ2v) is 12.6. The van der Waals surface area contributed by atoms with Gasteiger partial charge in [0.2, 0.25) is 0 Å². The molecular weight excluding hydrogens is 609 g/mol. The lowest BCUT2D eigenvalue weighted by Crippen LogP contribution is -2.03. The van der Waals surface area contributed by atoms with Gasteiger partial charge in [-0.1, -0.05) is 140 Å². The van der Waals surface area contributed by atoms with Crippen molar-refractivity contribution in [1.82, 2.24) is 19.1 Å². The van der Waals surface area contributed by atoms with E-state index in [1.54, 1.807) is 0 Å². The summed E-state index contributed by atoms with van der Waals surface area (Å²) < 4.78 is 4.74. The summed E-state index contributed by atoms with van der Waals surface area (Å²) in [6.07, 6.45) is 1.98. The van der Waals surface area contributed by atoms with Gasteiger partial charge in [-0.05, 0) is 53.1 Å². The molecule has 50 heavy (non-hydrogen) atoms. The molecule has 0 unspecified atom stereocenters. The molecule has 0 radical (unpaired) electrons. The van der Waals surface area contributed by atoms with Gasteiger partial charge in [0, 0.05) is 44.6 Å². The fourth-order valence-corrected chi connectivity index (χ4v) is 7.55. The topological polar surface area (TPSA) is 35.6 Å². The first-order valence-electron chi connectivity index (χ1n) is 16.9. The van der Waals surface area contributed by atoms with Crippen LogP contribution in [0.5, 0.6) is 0 Å². The summed E-state index contributed by atoms with van der Waals surface area (Å²) >= 11 is 0. The predicted octanol–water partition coefficient (Wildman–Crippen LogP) is 11.7. The number of para-hydroxylation sites is 2. The second-order valence-electron chi connectivity index (χ2n) is 12.6. The van der Waals surface area contributed by atoms with Gasteiger partial charge < -0.3 is 4.57 Å². The van der Waals surface area contributed by atoms with Crippen molar-refractivity contribution in [3.05, 3.63) is 182 Å². The molecule has 10 rings (SSSR count). The normalized spacial score (nSPS) is 11.6. The number of nitrogens with zero attached hydrogens (tertiary/aromatic N) is 4. The summed E-state index contributed by atoms with van der Waals surface area (Å²) in [5.41, 5.74) is 11.2. The van der Waals surface area contributed by atoms with Gasteiger partial charge in [-0.25, -0.2) is 9.97 Å². The van der Waals surface area contributed by atoms with E-state index in [4.69, 9.17) is 9.97 Å². The average molecular weight is 639 g/mol. The van der Waals surface area contributed by atoms with Crippen LogP contribution in [-0.2, 0) is 0 Å². The highest BCUT2D eigenvalue weighted by atomic mass is 15.1. The standard InChI is InChI=1S/C46H30N4/c1-4-14-31(15-5-1)32-24-26-35(27-25-32)49-39-22-12-10-20-36(39)43-41(49)28-29-42-44(43)37-21-11-13-23-40(37)50(42)46-38(33-16-6-2-7-17-33)30-47-45(48-46)34-18-8-3-9-19-34/h1-30H. The molecule has 0 atom stereocenters. The lowest BCUT2D eigenvalue weighted by molar-refractivity contribution is 1.05. The monoisotopic (exact) mass is 638 g/mol. The van der Waals surface area contributed by atoms with E-state index in [1.165, 1.54) is 43.7 Å². The van der Waals surface area contributed by atoms with Gasteiger partial charge >= 0.3 is 0 Å². The smallest absolute Gasteiger partial charge is 0.161 e. The SMILES string of the molecule is c1ccc(-c2ccc(-n3c4ccccc4c4c5c6ccccc6n(-c6nc(-c7ccccc7)ncc6-c6ccccc6)c5ccc43)cc2)cc1. The zero-order chi connectivity index (χ0) is 33.0. The molecule has 0 saturated carbocycles. The van der Waals surface area contributed by atoms with Crippen LogP contribution in [0.15, 0.2) is 182 Å². The minimum atomic E-state index is 0.697. The predicted molar refractivity (Wildman–Crippen MR) is 207 cm³/mol. The summed E-state index contributed by atoms with van der Waals surface area (Å²) in [4.78, 5) is 10.2. The van der Waals surface area contributed by atoms with E-state index in [1.807, 2.05) is 30.5 Å². The molecule has 0 aliphatic carbocycles. The van der Waals surface area contributed by atoms with Gasteiger partial charge in [-0.15, -0.1) is 0 Å². The van der Waals surface area contributed by atoms with Crippen molar-refractivity contribution in [2.75, 3.05) is 0 Å². The lowest BCUT2D eigenvalue weighted by atomic mass is 10.1. The Kier molecular flexibility index (Phi) is 6.46. The molecule has 4 nitrogen and oxygen atoms in total. The maximum Gasteiger partial charge on any atom is 0.161 e. The van der Waals surface area contributed by atoms with E-state index in [9.17, 15) is 0 Å². The van der Waals surface area contributed by atoms with E-state index in [0.717, 1.165) is 39.2 Å². The highest BCUT2D eigenvalue weighted by Gasteiger charge is 2.23. The van der Waals surface area contributed by atoms with Gasteiger partial charge in [0.15, 0.2) is 5.82 Å². The summed E-state index contributed by atoms with van der Waals surface area (Å²) in [7, 11) is 0. The Bertz CT molecular complexity index is 2830. The van der Waals surface area contributed by atoms with Crippen molar-refractivity contribution < 1.29 is 0 Å². The van der Waals surface area contributed by atoms with Gasteiger partial charge in [-0.3, -0.25) is 4.57 Å². The molecule has 0 bridgehead atoms. The van der Waals surface area contributed by atoms with Gasteiger partial charge in [0.05, 0.1) is 22.1 Å². The highest BCUT2D eigenvalue weighted by molar-refractivity contribution is 6.29. The molecular formula is C46H30N4. The third kappa shape index (κ3) is 4.39. The Morgan fingerprint density at radius 1 is 0.360 bits per heavy atom. The molecule has 0 spiro atoms. The molecule has 7 aromatic carbocycles. The fourth-order valence-electron chi connectivity index (χ4n) is 7.55. The molecule has 0 aliphatic heterocycles. The van der Waals surface area contributed by atoms with Crippen molar-refractivity contribution >= 4 is 43.6 Å². The van der Waals surface area contributed by atoms with Gasteiger partial charge in [0.25, 0.3) is 0 Å². The van der Waals surface area contributed by atoms with E-state index in [0.29, 0.717) is 5.82 Å². The van der Waals surface area contributed by atoms with E-state index in [-0.39, 0.29) is 0 Å². The molecule has 0 fully saturated rings. The minimum Gasteiger partial charge on any atom is -0.309 e. The van der Waals surface area contributed by atoms with Gasteiger partial charge in [0.1, 0.15) is 5.82 Å². The maximum atomic E-state index is 5.34. The van der Waals surface area contributed by atoms with E-state index < -0.39 is 0 Å². The number of aromatic nitrogens is 4. The first-order valence-corrected chi connectivity index (χ1v) is 16.9. The number of rotatable bonds is 5. The van der Waals surface area contributed by atoms with Crippen LogP contribution in [0, 0.1) is 0 Å². The quantitative estimate of drug-likeness (QED) is 0.188. The van der Waals surface area contributed by atoms with Crippen LogP contribution < -0.4 is 0 Å². The van der Waals surface area contributed by atoms with Crippen LogP contribution in [0.25, 0.3) is 88.8 Å². The first kappa shape index (κ1) is 28.3. The molecule has 0 N–H and O–H groups in total. The Hall–Kier alpha value is -6.78. The summed E-state index contributed by atoms with van der Waals surface area (Å²) in [6, 6.07) is 62.2. The molecule has 234 valence electrons. The van der Waals surface area contributed by atoms with Crippen LogP contribution in [0.1, 0.15) is 0 Å². The van der Waals surface area contributed by atoms with Crippen molar-refractivity contribution in [2.45, 2.75) is 0 Å². The Balaban J connectivity index is 1.28. The molecule has 3 heterocycles. The number of benzene rings is 7. The molecule has 3 aromatic heterocycles. The fraction of sp³-hybridized carbons (Fsp3) is 0. The Morgan fingerprint density at radius 2 is 0.840 bits per heavy atom. The molecule has 0 amide bonds. The van der Waals surface area contributed by atoms with Gasteiger partial charge in [-0.2, -0.15) is 0 Å². The van der Waals surface area contributed by atoms with E-state index in [2.05, 4.69) is 161 Å². The van der Waals surface area contributed by atoms with Crippen LogP contribution in [0.4, 0.5) is 0 Å². The number of hydrogen-bond donors (Lipinski definition) is 0. The zero-order valence-corrected chi connectivity index (χ0v) is 27.1. The summed E-state index contributed by atoms with van der Waals surface area (Å²) in [5.74, 6) is 1.55. The largest absolute Gasteiger partial charge is 0.309 e. The Morgan fingerprint density at radius 3 is 1.46 bits per heavy atom. The van der Waals surface area contributed by atoms with E-state index >= 15 is 0 Å². The molecule has 4 heteroatoms. The summed E-state index contributed by atoms with van der Waals surface area (Å²) in [5, 5.41) is 4.86. The van der Waals surface area contributed by atoms with Crippen LogP contribution in [-0.4, -0.2) is 19.1 Å². The van der Waals surface area contributed by atoms with Crippen molar-refractivity contribution in [2.24, 2.45) is 0 Å². The van der Waals surface area contributed by atoms with Crippen molar-refractivity contribution in [1.29, 1.82) is 0 Å². The first-order chi connectivity index (χ1) is 24.8. The molecule has 0 aliphatic rings. The number of hydrogen-bond acceptors (Lipinski definition) is 2. The van der Waals surface area contributed by atoms with Crippen molar-refractivity contribution in [3.8, 4) is 45.1 Å². The molecule has 10 aromatic rings. The molecule has 0 saturated heterocycles. The minimum absolute atomic E-state index is 0.697. The van der Waals surface area contributed by atoms with Crippen molar-refractivity contribution in [3.63, 3.8) is 0 Å². The van der Waals surface area contributed by atoms with Crippen LogP contribution in [0.3, 0.4) is 0 Å². The third-order valence-corrected chi connectivity index (χ3v) is 9.80. The maximum absolute atomic E-state index is 5.34. The van der Waals surface area contributed by atoms with Crippen LogP contribution in [0.2, 0.25) is 0 Å². The summed E-state index contributed by atoms with van der Waals surface area (Å²) in [6.45, 7) is 0. The lowest BCUT2D eigenvalue weighted by Gasteiger charge is -2.14. The van der Waals surface area contributed by atoms with Crippen LogP contribution >= 0.6 is 0 Å². The zero-order valence-electron chi connectivity index (χ0n) is 27.1. The third-order valence-electron chi connectivity index (χ3n) is 9.80.